The first-order valence-electron chi connectivity index (χ1n) is 9.85. The molecular weight excluding hydrogens is 374 g/mol. The van der Waals surface area contributed by atoms with Crippen molar-refractivity contribution in [2.45, 2.75) is 58.2 Å². The molecule has 1 aromatic heterocycles. The predicted octanol–water partition coefficient (Wildman–Crippen LogP) is 2.44. The van der Waals surface area contributed by atoms with Gasteiger partial charge in [0.2, 0.25) is 0 Å². The van der Waals surface area contributed by atoms with Crippen LogP contribution in [0.2, 0.25) is 0 Å². The minimum atomic E-state index is -0.690. The van der Waals surface area contributed by atoms with Gasteiger partial charge in [-0.25, -0.2) is 4.79 Å². The molecule has 3 rings (SSSR count). The Kier molecular flexibility index (Phi) is 6.41. The van der Waals surface area contributed by atoms with Gasteiger partial charge in [-0.1, -0.05) is 18.9 Å². The molecule has 0 atom stereocenters. The zero-order valence-corrected chi connectivity index (χ0v) is 17.0. The van der Waals surface area contributed by atoms with Gasteiger partial charge in [0.1, 0.15) is 5.69 Å². The predicted molar refractivity (Wildman–Crippen MR) is 109 cm³/mol. The number of hydrogen-bond acceptors (Lipinski definition) is 5. The van der Waals surface area contributed by atoms with Gasteiger partial charge in [0, 0.05) is 18.7 Å². The minimum Gasteiger partial charge on any atom is -0.493 e. The molecule has 2 N–H and O–H groups in total. The number of amides is 1. The summed E-state index contributed by atoms with van der Waals surface area (Å²) in [6, 6.07) is 6.77. The summed E-state index contributed by atoms with van der Waals surface area (Å²) < 4.78 is 11.2. The third kappa shape index (κ3) is 5.07. The Balaban J connectivity index is 1.93. The first-order valence-corrected chi connectivity index (χ1v) is 9.85. The van der Waals surface area contributed by atoms with E-state index in [4.69, 9.17) is 9.47 Å². The largest absolute Gasteiger partial charge is 0.493 e. The fraction of sp³-hybridized carbons (Fsp3) is 0.476. The quantitative estimate of drug-likeness (QED) is 0.742. The van der Waals surface area contributed by atoms with Gasteiger partial charge in [0.05, 0.1) is 13.2 Å². The molecular formula is C21H27N3O5. The number of aromatic nitrogens is 2. The minimum absolute atomic E-state index is 0.00202. The van der Waals surface area contributed by atoms with Crippen LogP contribution in [0.15, 0.2) is 33.9 Å². The molecule has 1 heterocycles. The number of methoxy groups -OCH3 is 1. The number of nitrogens with one attached hydrogen (secondary N) is 2. The molecule has 2 aromatic rings. The van der Waals surface area contributed by atoms with Crippen LogP contribution in [0.3, 0.4) is 0 Å². The van der Waals surface area contributed by atoms with E-state index in [9.17, 15) is 14.4 Å². The molecule has 1 fully saturated rings. The summed E-state index contributed by atoms with van der Waals surface area (Å²) in [6.45, 7) is 4.21. The van der Waals surface area contributed by atoms with E-state index in [-0.39, 0.29) is 23.7 Å². The molecule has 8 nitrogen and oxygen atoms in total. The molecule has 0 bridgehead atoms. The maximum Gasteiger partial charge on any atom is 0.326 e. The number of aromatic amines is 2. The van der Waals surface area contributed by atoms with E-state index in [1.807, 2.05) is 32.0 Å². The van der Waals surface area contributed by atoms with Gasteiger partial charge < -0.3 is 19.4 Å². The molecule has 0 radical (unpaired) electrons. The van der Waals surface area contributed by atoms with Crippen molar-refractivity contribution in [1.29, 1.82) is 0 Å². The van der Waals surface area contributed by atoms with E-state index in [0.717, 1.165) is 37.3 Å². The topological polar surface area (TPSA) is 104 Å². The third-order valence-electron chi connectivity index (χ3n) is 4.96. The van der Waals surface area contributed by atoms with E-state index >= 15 is 0 Å². The molecule has 0 unspecified atom stereocenters. The van der Waals surface area contributed by atoms with Gasteiger partial charge in [-0.05, 0) is 44.4 Å². The van der Waals surface area contributed by atoms with Gasteiger partial charge in [-0.3, -0.25) is 14.6 Å². The van der Waals surface area contributed by atoms with Crippen molar-refractivity contribution in [1.82, 2.24) is 14.9 Å². The molecule has 1 aromatic carbocycles. The van der Waals surface area contributed by atoms with Crippen molar-refractivity contribution in [2.24, 2.45) is 0 Å². The Labute approximate surface area is 168 Å². The smallest absolute Gasteiger partial charge is 0.326 e. The van der Waals surface area contributed by atoms with Crippen LogP contribution in [-0.2, 0) is 6.54 Å². The zero-order chi connectivity index (χ0) is 21.0. The van der Waals surface area contributed by atoms with E-state index < -0.39 is 11.2 Å². The Bertz CT molecular complexity index is 945. The summed E-state index contributed by atoms with van der Waals surface area (Å²) in [7, 11) is 1.58. The normalized spacial score (nSPS) is 14.2. The number of hydrogen-bond donors (Lipinski definition) is 2. The van der Waals surface area contributed by atoms with Crippen LogP contribution in [0.4, 0.5) is 0 Å². The summed E-state index contributed by atoms with van der Waals surface area (Å²) in [5.74, 6) is 0.880. The number of carbonyl (C=O) groups is 1. The highest BCUT2D eigenvalue weighted by Gasteiger charge is 2.28. The zero-order valence-electron chi connectivity index (χ0n) is 17.0. The number of nitrogens with zero attached hydrogens (tertiary/aromatic N) is 1. The molecule has 1 amide bonds. The summed E-state index contributed by atoms with van der Waals surface area (Å²) in [5.41, 5.74) is -0.406. The molecule has 0 spiro atoms. The second-order valence-electron chi connectivity index (χ2n) is 7.52. The van der Waals surface area contributed by atoms with Crippen molar-refractivity contribution in [2.75, 3.05) is 7.11 Å². The molecule has 0 aliphatic heterocycles. The Morgan fingerprint density at radius 3 is 2.48 bits per heavy atom. The second kappa shape index (κ2) is 8.98. The molecule has 8 heteroatoms. The van der Waals surface area contributed by atoms with Gasteiger partial charge in [-0.15, -0.1) is 0 Å². The maximum atomic E-state index is 13.2. The van der Waals surface area contributed by atoms with Crippen LogP contribution in [0.5, 0.6) is 11.5 Å². The summed E-state index contributed by atoms with van der Waals surface area (Å²) in [4.78, 5) is 42.7. The average molecular weight is 401 g/mol. The van der Waals surface area contributed by atoms with E-state index in [2.05, 4.69) is 9.97 Å². The van der Waals surface area contributed by atoms with Gasteiger partial charge in [-0.2, -0.15) is 0 Å². The lowest BCUT2D eigenvalue weighted by Crippen LogP contribution is -2.40. The highest BCUT2D eigenvalue weighted by molar-refractivity contribution is 5.92. The van der Waals surface area contributed by atoms with Gasteiger partial charge >= 0.3 is 5.69 Å². The third-order valence-corrected chi connectivity index (χ3v) is 4.96. The monoisotopic (exact) mass is 401 g/mol. The fourth-order valence-electron chi connectivity index (χ4n) is 3.68. The van der Waals surface area contributed by atoms with Crippen molar-refractivity contribution in [3.05, 3.63) is 56.4 Å². The van der Waals surface area contributed by atoms with Crippen LogP contribution in [0.1, 0.15) is 55.6 Å². The van der Waals surface area contributed by atoms with Crippen molar-refractivity contribution in [3.8, 4) is 11.5 Å². The summed E-state index contributed by atoms with van der Waals surface area (Å²) in [5, 5.41) is 0. The SMILES string of the molecule is COc1ccc(CN(C(=O)c2cc(=O)[nH]c(=O)[nH]2)C2CCCC2)cc1OC(C)C. The fourth-order valence-corrected chi connectivity index (χ4v) is 3.68. The molecule has 1 saturated carbocycles. The summed E-state index contributed by atoms with van der Waals surface area (Å²) >= 11 is 0. The standard InChI is InChI=1S/C21H27N3O5/c1-13(2)29-18-10-14(8-9-17(18)28-3)12-24(15-6-4-5-7-15)20(26)16-11-19(25)23-21(27)22-16/h8-11,13,15H,4-7,12H2,1-3H3,(H2,22,23,25,27). The summed E-state index contributed by atoms with van der Waals surface area (Å²) in [6.07, 6.45) is 3.86. The number of H-pyrrole nitrogens is 2. The van der Waals surface area contributed by atoms with Crippen molar-refractivity contribution >= 4 is 5.91 Å². The second-order valence-corrected chi connectivity index (χ2v) is 7.52. The molecule has 1 aliphatic rings. The van der Waals surface area contributed by atoms with Crippen LogP contribution in [-0.4, -0.2) is 40.0 Å². The number of ether oxygens (including phenoxy) is 2. The van der Waals surface area contributed by atoms with Crippen LogP contribution in [0, 0.1) is 0 Å². The number of carbonyl (C=O) groups excluding carboxylic acids is 1. The first kappa shape index (κ1) is 20.7. The molecule has 0 saturated heterocycles. The van der Waals surface area contributed by atoms with Crippen molar-refractivity contribution in [3.63, 3.8) is 0 Å². The first-order chi connectivity index (χ1) is 13.9. The number of benzene rings is 1. The highest BCUT2D eigenvalue weighted by atomic mass is 16.5. The average Bonchev–Trinajstić information content (AvgIpc) is 3.19. The Morgan fingerprint density at radius 2 is 1.86 bits per heavy atom. The molecule has 29 heavy (non-hydrogen) atoms. The Morgan fingerprint density at radius 1 is 1.14 bits per heavy atom. The number of rotatable bonds is 7. The van der Waals surface area contributed by atoms with Crippen LogP contribution in [0.25, 0.3) is 0 Å². The Hall–Kier alpha value is -3.03. The van der Waals surface area contributed by atoms with Crippen molar-refractivity contribution < 1.29 is 14.3 Å². The highest BCUT2D eigenvalue weighted by Crippen LogP contribution is 2.31. The lowest BCUT2D eigenvalue weighted by atomic mass is 10.1. The van der Waals surface area contributed by atoms with Crippen LogP contribution < -0.4 is 20.7 Å². The van der Waals surface area contributed by atoms with E-state index in [0.29, 0.717) is 18.0 Å². The van der Waals surface area contributed by atoms with Gasteiger partial charge in [0.25, 0.3) is 11.5 Å². The van der Waals surface area contributed by atoms with E-state index in [1.54, 1.807) is 12.0 Å². The molecule has 1 aliphatic carbocycles. The van der Waals surface area contributed by atoms with Gasteiger partial charge in [0.15, 0.2) is 11.5 Å². The van der Waals surface area contributed by atoms with Crippen LogP contribution >= 0.6 is 0 Å². The van der Waals surface area contributed by atoms with E-state index in [1.165, 1.54) is 0 Å². The maximum absolute atomic E-state index is 13.2. The molecule has 156 valence electrons. The lowest BCUT2D eigenvalue weighted by Gasteiger charge is -2.29. The lowest BCUT2D eigenvalue weighted by molar-refractivity contribution is 0.0657.